The lowest BCUT2D eigenvalue weighted by Crippen LogP contribution is -2.39. The highest BCUT2D eigenvalue weighted by molar-refractivity contribution is 6.65. The van der Waals surface area contributed by atoms with E-state index in [4.69, 9.17) is 23.2 Å². The molecule has 0 unspecified atom stereocenters. The van der Waals surface area contributed by atoms with Crippen LogP contribution in [-0.2, 0) is 10.2 Å². The molecule has 0 atom stereocenters. The van der Waals surface area contributed by atoms with Gasteiger partial charge in [-0.25, -0.2) is 4.98 Å². The van der Waals surface area contributed by atoms with Gasteiger partial charge in [0, 0.05) is 6.20 Å². The highest BCUT2D eigenvalue weighted by atomic mass is 35.5. The molecular formula is C10H9Cl2NO. The van der Waals surface area contributed by atoms with Gasteiger partial charge in [0.25, 0.3) is 0 Å². The van der Waals surface area contributed by atoms with E-state index >= 15 is 0 Å². The lowest BCUT2D eigenvalue weighted by Gasteiger charge is -2.38. The molecule has 0 radical (unpaired) electrons. The maximum absolute atomic E-state index is 11.3. The summed E-state index contributed by atoms with van der Waals surface area (Å²) in [5, 5.41) is 0.151. The maximum Gasteiger partial charge on any atom is 0.232 e. The van der Waals surface area contributed by atoms with E-state index in [0.29, 0.717) is 5.15 Å². The number of pyridine rings is 1. The van der Waals surface area contributed by atoms with E-state index in [1.807, 2.05) is 6.07 Å². The van der Waals surface area contributed by atoms with Gasteiger partial charge >= 0.3 is 0 Å². The molecule has 1 aromatic heterocycles. The van der Waals surface area contributed by atoms with Gasteiger partial charge in [-0.05, 0) is 36.1 Å². The summed E-state index contributed by atoms with van der Waals surface area (Å²) in [4.78, 5) is 15.3. The maximum atomic E-state index is 11.3. The minimum Gasteiger partial charge on any atom is -0.280 e. The molecule has 1 fully saturated rings. The monoisotopic (exact) mass is 229 g/mol. The molecule has 1 aromatic rings. The highest BCUT2D eigenvalue weighted by Gasteiger charge is 2.44. The molecule has 14 heavy (non-hydrogen) atoms. The number of carbonyl (C=O) groups is 1. The minimum atomic E-state index is -0.487. The van der Waals surface area contributed by atoms with Crippen LogP contribution in [0.5, 0.6) is 0 Å². The van der Waals surface area contributed by atoms with E-state index in [-0.39, 0.29) is 5.24 Å². The predicted octanol–water partition coefficient (Wildman–Crippen LogP) is 2.92. The van der Waals surface area contributed by atoms with Gasteiger partial charge in [0.05, 0.1) is 5.41 Å². The van der Waals surface area contributed by atoms with Crippen LogP contribution in [0, 0.1) is 0 Å². The van der Waals surface area contributed by atoms with Crippen LogP contribution in [-0.4, -0.2) is 10.2 Å². The van der Waals surface area contributed by atoms with E-state index < -0.39 is 5.41 Å². The Morgan fingerprint density at radius 3 is 2.50 bits per heavy atom. The van der Waals surface area contributed by atoms with Crippen molar-refractivity contribution >= 4 is 28.4 Å². The summed E-state index contributed by atoms with van der Waals surface area (Å²) >= 11 is 11.3. The van der Waals surface area contributed by atoms with E-state index in [1.165, 1.54) is 0 Å². The molecule has 2 rings (SSSR count). The Labute approximate surface area is 92.2 Å². The van der Waals surface area contributed by atoms with Gasteiger partial charge in [0.1, 0.15) is 5.15 Å². The Hall–Kier alpha value is -0.600. The summed E-state index contributed by atoms with van der Waals surface area (Å²) in [5.74, 6) is 0. The summed E-state index contributed by atoms with van der Waals surface area (Å²) in [5.41, 5.74) is 0.396. The average Bonchev–Trinajstić information content (AvgIpc) is 2.05. The molecule has 1 heterocycles. The van der Waals surface area contributed by atoms with E-state index in [0.717, 1.165) is 24.8 Å². The van der Waals surface area contributed by atoms with Crippen molar-refractivity contribution in [2.45, 2.75) is 24.7 Å². The van der Waals surface area contributed by atoms with Crippen molar-refractivity contribution < 1.29 is 4.79 Å². The van der Waals surface area contributed by atoms with Crippen LogP contribution in [0.3, 0.4) is 0 Å². The third-order valence-electron chi connectivity index (χ3n) is 2.86. The van der Waals surface area contributed by atoms with E-state index in [9.17, 15) is 4.79 Å². The number of aromatic nitrogens is 1. The number of carbonyl (C=O) groups excluding carboxylic acids is 1. The summed E-state index contributed by atoms with van der Waals surface area (Å²) in [6.07, 6.45) is 4.32. The number of rotatable bonds is 2. The van der Waals surface area contributed by atoms with Crippen LogP contribution in [0.15, 0.2) is 18.3 Å². The van der Waals surface area contributed by atoms with Crippen molar-refractivity contribution in [3.8, 4) is 0 Å². The fraction of sp³-hybridized carbons (Fsp3) is 0.400. The summed E-state index contributed by atoms with van der Waals surface area (Å²) in [6.45, 7) is 0. The second kappa shape index (κ2) is 3.52. The molecule has 1 aliphatic carbocycles. The van der Waals surface area contributed by atoms with Gasteiger partial charge in [-0.3, -0.25) is 4.79 Å². The molecule has 0 bridgehead atoms. The van der Waals surface area contributed by atoms with Crippen LogP contribution in [0.4, 0.5) is 0 Å². The molecule has 0 amide bonds. The lowest BCUT2D eigenvalue weighted by molar-refractivity contribution is -0.119. The molecule has 2 nitrogen and oxygen atoms in total. The molecule has 74 valence electrons. The van der Waals surface area contributed by atoms with Crippen molar-refractivity contribution in [2.75, 3.05) is 0 Å². The normalized spacial score (nSPS) is 18.7. The van der Waals surface area contributed by atoms with Gasteiger partial charge in [-0.15, -0.1) is 0 Å². The topological polar surface area (TPSA) is 30.0 Å². The first kappa shape index (κ1) is 9.94. The van der Waals surface area contributed by atoms with Crippen molar-refractivity contribution in [1.29, 1.82) is 0 Å². The largest absolute Gasteiger partial charge is 0.280 e. The van der Waals surface area contributed by atoms with Crippen LogP contribution in [0.25, 0.3) is 0 Å². The van der Waals surface area contributed by atoms with E-state index in [2.05, 4.69) is 4.98 Å². The smallest absolute Gasteiger partial charge is 0.232 e. The second-order valence-corrected chi connectivity index (χ2v) is 4.31. The minimum absolute atomic E-state index is 0.284. The lowest BCUT2D eigenvalue weighted by atomic mass is 9.66. The highest BCUT2D eigenvalue weighted by Crippen LogP contribution is 2.45. The Morgan fingerprint density at radius 1 is 1.43 bits per heavy atom. The third kappa shape index (κ3) is 1.43. The zero-order valence-electron chi connectivity index (χ0n) is 7.46. The van der Waals surface area contributed by atoms with E-state index in [1.54, 1.807) is 12.3 Å². The van der Waals surface area contributed by atoms with Gasteiger partial charge in [-0.1, -0.05) is 24.1 Å². The number of hydrogen-bond acceptors (Lipinski definition) is 2. The fourth-order valence-electron chi connectivity index (χ4n) is 1.79. The molecule has 0 spiro atoms. The van der Waals surface area contributed by atoms with Crippen molar-refractivity contribution in [3.05, 3.63) is 29.0 Å². The zero-order valence-corrected chi connectivity index (χ0v) is 8.98. The SMILES string of the molecule is O=C(Cl)C1(c2ccc(Cl)nc2)CCC1. The quantitative estimate of drug-likeness (QED) is 0.577. The standard InChI is InChI=1S/C10H9Cl2NO/c11-8-3-2-7(6-13-8)10(9(12)14)4-1-5-10/h2-3,6H,1,4-5H2. The number of hydrogen-bond donors (Lipinski definition) is 0. The second-order valence-electron chi connectivity index (χ2n) is 3.58. The fourth-order valence-corrected chi connectivity index (χ4v) is 2.20. The Kier molecular flexibility index (Phi) is 2.50. The van der Waals surface area contributed by atoms with Crippen molar-refractivity contribution in [3.63, 3.8) is 0 Å². The first-order chi connectivity index (χ1) is 6.65. The van der Waals surface area contributed by atoms with Crippen LogP contribution < -0.4 is 0 Å². The van der Waals surface area contributed by atoms with Crippen molar-refractivity contribution in [1.82, 2.24) is 4.98 Å². The number of halogens is 2. The van der Waals surface area contributed by atoms with Gasteiger partial charge < -0.3 is 0 Å². The van der Waals surface area contributed by atoms with Crippen LogP contribution >= 0.6 is 23.2 Å². The van der Waals surface area contributed by atoms with Gasteiger partial charge in [-0.2, -0.15) is 0 Å². The predicted molar refractivity (Wildman–Crippen MR) is 55.6 cm³/mol. The van der Waals surface area contributed by atoms with Gasteiger partial charge in [0.15, 0.2) is 0 Å². The average molecular weight is 230 g/mol. The molecule has 0 aliphatic heterocycles. The summed E-state index contributed by atoms with van der Waals surface area (Å²) in [7, 11) is 0. The Bertz CT molecular complexity index is 357. The van der Waals surface area contributed by atoms with Crippen LogP contribution in [0.1, 0.15) is 24.8 Å². The molecular weight excluding hydrogens is 221 g/mol. The molecule has 1 aliphatic rings. The summed E-state index contributed by atoms with van der Waals surface area (Å²) < 4.78 is 0. The van der Waals surface area contributed by atoms with Crippen LogP contribution in [0.2, 0.25) is 5.15 Å². The first-order valence-corrected chi connectivity index (χ1v) is 5.23. The molecule has 0 aromatic carbocycles. The summed E-state index contributed by atoms with van der Waals surface area (Å²) in [6, 6.07) is 3.52. The third-order valence-corrected chi connectivity index (χ3v) is 3.45. The molecule has 0 saturated heterocycles. The van der Waals surface area contributed by atoms with Gasteiger partial charge in [0.2, 0.25) is 5.24 Å². The molecule has 0 N–H and O–H groups in total. The number of nitrogens with zero attached hydrogens (tertiary/aromatic N) is 1. The Balaban J connectivity index is 2.37. The van der Waals surface area contributed by atoms with Crippen molar-refractivity contribution in [2.24, 2.45) is 0 Å². The zero-order chi connectivity index (χ0) is 10.2. The Morgan fingerprint density at radius 2 is 2.14 bits per heavy atom. The first-order valence-electron chi connectivity index (χ1n) is 4.47. The molecule has 4 heteroatoms. The molecule has 1 saturated carbocycles.